The zero-order chi connectivity index (χ0) is 18.2. The lowest BCUT2D eigenvalue weighted by Crippen LogP contribution is -2.24. The molecule has 0 saturated carbocycles. The van der Waals surface area contributed by atoms with Crippen LogP contribution in [0.15, 0.2) is 59.5 Å². The van der Waals surface area contributed by atoms with Gasteiger partial charge in [-0.25, -0.2) is 0 Å². The Balaban J connectivity index is 1.82. The molecule has 0 spiro atoms. The Morgan fingerprint density at radius 1 is 1.20 bits per heavy atom. The number of nitro groups is 1. The van der Waals surface area contributed by atoms with Crippen LogP contribution < -0.4 is 5.32 Å². The van der Waals surface area contributed by atoms with E-state index >= 15 is 0 Å². The number of carbonyl (C=O) groups is 2. The average molecular weight is 360 g/mol. The molecule has 0 aromatic heterocycles. The molecule has 0 radical (unpaired) electrons. The third kappa shape index (κ3) is 5.92. The van der Waals surface area contributed by atoms with Gasteiger partial charge in [0.25, 0.3) is 11.6 Å². The largest absolute Gasteiger partial charge is 0.455 e. The van der Waals surface area contributed by atoms with Gasteiger partial charge < -0.3 is 10.1 Å². The van der Waals surface area contributed by atoms with E-state index in [1.165, 1.54) is 36.0 Å². The molecule has 7 nitrogen and oxygen atoms in total. The van der Waals surface area contributed by atoms with E-state index in [-0.39, 0.29) is 11.4 Å². The number of nitrogens with one attached hydrogen (secondary N) is 1. The number of carbonyl (C=O) groups excluding carboxylic acids is 2. The highest BCUT2D eigenvalue weighted by molar-refractivity contribution is 8.00. The number of nitro benzene ring substituents is 1. The Bertz CT molecular complexity index is 767. The molecule has 2 rings (SSSR count). The van der Waals surface area contributed by atoms with E-state index in [0.29, 0.717) is 0 Å². The minimum Gasteiger partial charge on any atom is -0.455 e. The van der Waals surface area contributed by atoms with Crippen molar-refractivity contribution in [3.8, 4) is 0 Å². The highest BCUT2D eigenvalue weighted by Crippen LogP contribution is 2.23. The Kier molecular flexibility index (Phi) is 6.53. The van der Waals surface area contributed by atoms with Crippen molar-refractivity contribution in [2.45, 2.75) is 17.1 Å². The molecule has 0 bridgehead atoms. The molecule has 0 aliphatic carbocycles. The lowest BCUT2D eigenvalue weighted by Gasteiger charge is -2.11. The number of rotatable bonds is 7. The van der Waals surface area contributed by atoms with Crippen LogP contribution >= 0.6 is 11.8 Å². The van der Waals surface area contributed by atoms with Crippen LogP contribution in [0, 0.1) is 10.1 Å². The Labute approximate surface area is 148 Å². The van der Waals surface area contributed by atoms with Crippen molar-refractivity contribution in [3.05, 3.63) is 64.7 Å². The number of thioether (sulfide) groups is 1. The van der Waals surface area contributed by atoms with E-state index < -0.39 is 28.7 Å². The number of esters is 1. The SMILES string of the molecule is C[C@@H](Sc1ccccc1)C(=O)OCC(=O)Nc1cccc([N+](=O)[O-])c1. The predicted octanol–water partition coefficient (Wildman–Crippen LogP) is 3.26. The first-order valence-electron chi connectivity index (χ1n) is 7.38. The van der Waals surface area contributed by atoms with Crippen molar-refractivity contribution in [1.29, 1.82) is 0 Å². The van der Waals surface area contributed by atoms with Crippen LogP contribution in [0.2, 0.25) is 0 Å². The molecule has 0 heterocycles. The van der Waals surface area contributed by atoms with Crippen molar-refractivity contribution in [2.24, 2.45) is 0 Å². The number of non-ortho nitro benzene ring substituents is 1. The number of hydrogen-bond acceptors (Lipinski definition) is 6. The molecule has 2 aromatic rings. The average Bonchev–Trinajstić information content (AvgIpc) is 2.60. The second-order valence-corrected chi connectivity index (χ2v) is 6.45. The van der Waals surface area contributed by atoms with E-state index in [1.54, 1.807) is 6.92 Å². The number of anilines is 1. The van der Waals surface area contributed by atoms with Gasteiger partial charge in [0, 0.05) is 22.7 Å². The molecule has 0 aliphatic rings. The third-order valence-electron chi connectivity index (χ3n) is 3.07. The van der Waals surface area contributed by atoms with Gasteiger partial charge in [-0.05, 0) is 25.1 Å². The summed E-state index contributed by atoms with van der Waals surface area (Å²) in [4.78, 5) is 34.8. The lowest BCUT2D eigenvalue weighted by atomic mass is 10.3. The highest BCUT2D eigenvalue weighted by Gasteiger charge is 2.17. The minimum absolute atomic E-state index is 0.136. The molecular formula is C17H16N2O5S. The van der Waals surface area contributed by atoms with Gasteiger partial charge >= 0.3 is 5.97 Å². The molecule has 1 N–H and O–H groups in total. The van der Waals surface area contributed by atoms with E-state index in [1.807, 2.05) is 30.3 Å². The summed E-state index contributed by atoms with van der Waals surface area (Å²) in [6.45, 7) is 1.24. The van der Waals surface area contributed by atoms with Gasteiger partial charge in [-0.15, -0.1) is 11.8 Å². The van der Waals surface area contributed by atoms with Crippen molar-refractivity contribution < 1.29 is 19.2 Å². The van der Waals surface area contributed by atoms with Crippen molar-refractivity contribution in [2.75, 3.05) is 11.9 Å². The second kappa shape index (κ2) is 8.84. The van der Waals surface area contributed by atoms with Crippen LogP contribution in [-0.4, -0.2) is 28.7 Å². The van der Waals surface area contributed by atoms with Crippen LogP contribution in [0.4, 0.5) is 11.4 Å². The molecule has 1 amide bonds. The molecule has 0 aliphatic heterocycles. The highest BCUT2D eigenvalue weighted by atomic mass is 32.2. The summed E-state index contributed by atoms with van der Waals surface area (Å²) in [5, 5.41) is 12.7. The van der Waals surface area contributed by atoms with Crippen LogP contribution in [0.5, 0.6) is 0 Å². The van der Waals surface area contributed by atoms with Crippen LogP contribution in [-0.2, 0) is 14.3 Å². The number of nitrogens with zero attached hydrogens (tertiary/aromatic N) is 1. The van der Waals surface area contributed by atoms with E-state index in [4.69, 9.17) is 4.74 Å². The van der Waals surface area contributed by atoms with Gasteiger partial charge in [-0.3, -0.25) is 19.7 Å². The minimum atomic E-state index is -0.564. The molecule has 130 valence electrons. The fourth-order valence-electron chi connectivity index (χ4n) is 1.90. The molecule has 25 heavy (non-hydrogen) atoms. The van der Waals surface area contributed by atoms with Gasteiger partial charge in [0.15, 0.2) is 6.61 Å². The zero-order valence-corrected chi connectivity index (χ0v) is 14.2. The van der Waals surface area contributed by atoms with Gasteiger partial charge in [-0.1, -0.05) is 24.3 Å². The maximum absolute atomic E-state index is 11.9. The topological polar surface area (TPSA) is 98.5 Å². The fourth-order valence-corrected chi connectivity index (χ4v) is 2.79. The van der Waals surface area contributed by atoms with E-state index in [9.17, 15) is 19.7 Å². The molecular weight excluding hydrogens is 344 g/mol. The first kappa shape index (κ1) is 18.5. The number of amides is 1. The number of benzene rings is 2. The summed E-state index contributed by atoms with van der Waals surface area (Å²) in [6, 6.07) is 14.9. The monoisotopic (exact) mass is 360 g/mol. The lowest BCUT2D eigenvalue weighted by molar-refractivity contribution is -0.384. The van der Waals surface area contributed by atoms with Gasteiger partial charge in [0.05, 0.1) is 4.92 Å². The Morgan fingerprint density at radius 3 is 2.60 bits per heavy atom. The Hall–Kier alpha value is -2.87. The molecule has 0 unspecified atom stereocenters. The van der Waals surface area contributed by atoms with Crippen LogP contribution in [0.25, 0.3) is 0 Å². The van der Waals surface area contributed by atoms with E-state index in [0.717, 1.165) is 4.90 Å². The number of hydrogen-bond donors (Lipinski definition) is 1. The van der Waals surface area contributed by atoms with Crippen LogP contribution in [0.3, 0.4) is 0 Å². The predicted molar refractivity (Wildman–Crippen MR) is 94.4 cm³/mol. The molecule has 8 heteroatoms. The van der Waals surface area contributed by atoms with Crippen LogP contribution in [0.1, 0.15) is 6.92 Å². The summed E-state index contributed by atoms with van der Waals surface area (Å²) in [7, 11) is 0. The van der Waals surface area contributed by atoms with Gasteiger partial charge in [-0.2, -0.15) is 0 Å². The van der Waals surface area contributed by atoms with Gasteiger partial charge in [0.1, 0.15) is 5.25 Å². The maximum atomic E-state index is 11.9. The van der Waals surface area contributed by atoms with Crippen molar-refractivity contribution in [1.82, 2.24) is 0 Å². The van der Waals surface area contributed by atoms with Crippen molar-refractivity contribution >= 4 is 35.0 Å². The van der Waals surface area contributed by atoms with Gasteiger partial charge in [0.2, 0.25) is 0 Å². The fraction of sp³-hybridized carbons (Fsp3) is 0.176. The smallest absolute Gasteiger partial charge is 0.319 e. The summed E-state index contributed by atoms with van der Waals surface area (Å²) >= 11 is 1.33. The number of ether oxygens (including phenoxy) is 1. The second-order valence-electron chi connectivity index (χ2n) is 5.04. The quantitative estimate of drug-likeness (QED) is 0.352. The first-order chi connectivity index (χ1) is 12.0. The molecule has 2 aromatic carbocycles. The summed E-state index contributed by atoms with van der Waals surface area (Å²) < 4.78 is 4.98. The maximum Gasteiger partial charge on any atom is 0.319 e. The molecule has 0 saturated heterocycles. The summed E-state index contributed by atoms with van der Waals surface area (Å²) in [5.74, 6) is -1.08. The summed E-state index contributed by atoms with van der Waals surface area (Å²) in [5.41, 5.74) is 0.129. The third-order valence-corrected chi connectivity index (χ3v) is 4.16. The molecule has 1 atom stereocenters. The normalized spacial score (nSPS) is 11.4. The van der Waals surface area contributed by atoms with Crippen molar-refractivity contribution in [3.63, 3.8) is 0 Å². The van der Waals surface area contributed by atoms with E-state index in [2.05, 4.69) is 5.32 Å². The first-order valence-corrected chi connectivity index (χ1v) is 8.26. The molecule has 0 fully saturated rings. The summed E-state index contributed by atoms with van der Waals surface area (Å²) in [6.07, 6.45) is 0. The standard InChI is InChI=1S/C17H16N2O5S/c1-12(25-15-8-3-2-4-9-15)17(21)24-11-16(20)18-13-6-5-7-14(10-13)19(22)23/h2-10,12H,11H2,1H3,(H,18,20)/t12-/m1/s1. The Morgan fingerprint density at radius 2 is 1.92 bits per heavy atom. The zero-order valence-electron chi connectivity index (χ0n) is 13.4.